The molecule has 1 saturated heterocycles. The molecule has 5 nitrogen and oxygen atoms in total. The second-order valence-electron chi connectivity index (χ2n) is 6.54. The molecule has 0 bridgehead atoms. The number of carbonyl (C=O) groups excluding carboxylic acids is 1. The highest BCUT2D eigenvalue weighted by Crippen LogP contribution is 2.24. The molecule has 1 aliphatic heterocycles. The van der Waals surface area contributed by atoms with Gasteiger partial charge in [-0.3, -0.25) is 9.78 Å². The first-order chi connectivity index (χ1) is 12.3. The van der Waals surface area contributed by atoms with E-state index in [-0.39, 0.29) is 5.91 Å². The van der Waals surface area contributed by atoms with Gasteiger partial charge >= 0.3 is 0 Å². The maximum atomic E-state index is 12.4. The van der Waals surface area contributed by atoms with E-state index in [9.17, 15) is 4.79 Å². The van der Waals surface area contributed by atoms with Crippen LogP contribution in [0.5, 0.6) is 0 Å². The largest absolute Gasteiger partial charge is 0.336 e. The van der Waals surface area contributed by atoms with E-state index in [2.05, 4.69) is 39.2 Å². The zero-order valence-corrected chi connectivity index (χ0v) is 14.0. The van der Waals surface area contributed by atoms with Crippen molar-refractivity contribution >= 4 is 16.8 Å². The Morgan fingerprint density at radius 3 is 2.56 bits per heavy atom. The minimum atomic E-state index is -0.0594. The lowest BCUT2D eigenvalue weighted by Gasteiger charge is -2.31. The Balaban J connectivity index is 1.37. The summed E-state index contributed by atoms with van der Waals surface area (Å²) in [5.41, 5.74) is 2.38. The van der Waals surface area contributed by atoms with E-state index in [0.29, 0.717) is 11.7 Å². The number of fused-ring (bicyclic) bond motifs is 1. The molecule has 0 saturated carbocycles. The van der Waals surface area contributed by atoms with E-state index in [1.54, 1.807) is 18.5 Å². The highest BCUT2D eigenvalue weighted by atomic mass is 16.2. The number of pyridine rings is 1. The van der Waals surface area contributed by atoms with Crippen LogP contribution >= 0.6 is 0 Å². The van der Waals surface area contributed by atoms with E-state index in [4.69, 9.17) is 0 Å². The number of hydrogen-bond donors (Lipinski definition) is 0. The lowest BCUT2D eigenvalue weighted by molar-refractivity contribution is 0.0678. The molecule has 0 N–H and O–H groups in total. The fraction of sp³-hybridized carbons (Fsp3) is 0.300. The average Bonchev–Trinajstić information content (AvgIpc) is 2.69. The molecular formula is C20H20N4O. The first kappa shape index (κ1) is 15.7. The van der Waals surface area contributed by atoms with Crippen LogP contribution < -0.4 is 0 Å². The minimum Gasteiger partial charge on any atom is -0.336 e. The molecule has 5 heteroatoms. The zero-order chi connectivity index (χ0) is 17.1. The molecule has 25 heavy (non-hydrogen) atoms. The van der Waals surface area contributed by atoms with Crippen molar-refractivity contribution in [3.05, 3.63) is 66.4 Å². The van der Waals surface area contributed by atoms with E-state index in [1.807, 2.05) is 17.2 Å². The van der Waals surface area contributed by atoms with Crippen molar-refractivity contribution in [2.45, 2.75) is 19.3 Å². The van der Waals surface area contributed by atoms with Crippen LogP contribution in [0.4, 0.5) is 0 Å². The fourth-order valence-electron chi connectivity index (χ4n) is 3.48. The van der Waals surface area contributed by atoms with Crippen LogP contribution in [0.15, 0.2) is 55.0 Å². The van der Waals surface area contributed by atoms with Gasteiger partial charge in [-0.25, -0.2) is 9.97 Å². The van der Waals surface area contributed by atoms with Crippen LogP contribution in [0.25, 0.3) is 10.9 Å². The SMILES string of the molecule is O=C(c1ncccn1)N1CCC(Cc2ccc3ncccc3c2)CC1. The lowest BCUT2D eigenvalue weighted by atomic mass is 9.89. The Morgan fingerprint density at radius 2 is 1.76 bits per heavy atom. The zero-order valence-electron chi connectivity index (χ0n) is 14.0. The topological polar surface area (TPSA) is 59.0 Å². The molecule has 0 aliphatic carbocycles. The highest BCUT2D eigenvalue weighted by molar-refractivity contribution is 5.90. The van der Waals surface area contributed by atoms with Gasteiger partial charge in [0.2, 0.25) is 5.82 Å². The van der Waals surface area contributed by atoms with Crippen molar-refractivity contribution in [1.29, 1.82) is 0 Å². The van der Waals surface area contributed by atoms with Crippen LogP contribution in [0.2, 0.25) is 0 Å². The molecule has 1 fully saturated rings. The quantitative estimate of drug-likeness (QED) is 0.739. The molecule has 126 valence electrons. The van der Waals surface area contributed by atoms with E-state index < -0.39 is 0 Å². The molecule has 3 aromatic rings. The average molecular weight is 332 g/mol. The van der Waals surface area contributed by atoms with Gasteiger partial charge in [0.25, 0.3) is 5.91 Å². The van der Waals surface area contributed by atoms with E-state index >= 15 is 0 Å². The highest BCUT2D eigenvalue weighted by Gasteiger charge is 2.25. The Bertz CT molecular complexity index is 873. The van der Waals surface area contributed by atoms with Crippen molar-refractivity contribution in [2.24, 2.45) is 5.92 Å². The van der Waals surface area contributed by atoms with Gasteiger partial charge in [-0.15, -0.1) is 0 Å². The van der Waals surface area contributed by atoms with Crippen LogP contribution in [-0.4, -0.2) is 38.8 Å². The van der Waals surface area contributed by atoms with E-state index in [1.165, 1.54) is 10.9 Å². The standard InChI is InChI=1S/C20H20N4O/c25-20(19-22-9-2-10-23-19)24-11-6-15(7-12-24)13-16-4-5-18-17(14-16)3-1-8-21-18/h1-5,8-10,14-15H,6-7,11-13H2. The smallest absolute Gasteiger partial charge is 0.291 e. The monoisotopic (exact) mass is 332 g/mol. The van der Waals surface area contributed by atoms with Crippen molar-refractivity contribution in [3.63, 3.8) is 0 Å². The molecule has 1 aliphatic rings. The van der Waals surface area contributed by atoms with Crippen molar-refractivity contribution in [2.75, 3.05) is 13.1 Å². The van der Waals surface area contributed by atoms with Crippen LogP contribution in [-0.2, 0) is 6.42 Å². The van der Waals surface area contributed by atoms with Crippen molar-refractivity contribution in [1.82, 2.24) is 19.9 Å². The maximum Gasteiger partial charge on any atom is 0.291 e. The van der Waals surface area contributed by atoms with Gasteiger partial charge in [0.05, 0.1) is 5.52 Å². The number of benzene rings is 1. The summed E-state index contributed by atoms with van der Waals surface area (Å²) in [5, 5.41) is 1.19. The van der Waals surface area contributed by atoms with Gasteiger partial charge in [0, 0.05) is 37.1 Å². The van der Waals surface area contributed by atoms with Crippen LogP contribution in [0, 0.1) is 5.92 Å². The summed E-state index contributed by atoms with van der Waals surface area (Å²) in [6.45, 7) is 1.55. The number of likely N-dealkylation sites (tertiary alicyclic amines) is 1. The molecule has 2 aromatic heterocycles. The summed E-state index contributed by atoms with van der Waals surface area (Å²) >= 11 is 0. The number of piperidine rings is 1. The fourth-order valence-corrected chi connectivity index (χ4v) is 3.48. The lowest BCUT2D eigenvalue weighted by Crippen LogP contribution is -2.39. The van der Waals surface area contributed by atoms with Gasteiger partial charge in [0.1, 0.15) is 0 Å². The molecule has 1 aromatic carbocycles. The Morgan fingerprint density at radius 1 is 1.00 bits per heavy atom. The number of carbonyl (C=O) groups is 1. The van der Waals surface area contributed by atoms with Gasteiger partial charge < -0.3 is 4.90 Å². The maximum absolute atomic E-state index is 12.4. The van der Waals surface area contributed by atoms with Crippen molar-refractivity contribution < 1.29 is 4.79 Å². The first-order valence-corrected chi connectivity index (χ1v) is 8.69. The first-order valence-electron chi connectivity index (χ1n) is 8.69. The minimum absolute atomic E-state index is 0.0594. The predicted molar refractivity (Wildman–Crippen MR) is 96.1 cm³/mol. The van der Waals surface area contributed by atoms with Gasteiger partial charge in [-0.2, -0.15) is 0 Å². The number of nitrogens with zero attached hydrogens (tertiary/aromatic N) is 4. The Labute approximate surface area is 146 Å². The summed E-state index contributed by atoms with van der Waals surface area (Å²) in [6, 6.07) is 12.3. The van der Waals surface area contributed by atoms with Gasteiger partial charge in [-0.05, 0) is 55.0 Å². The Hall–Kier alpha value is -2.82. The number of aromatic nitrogens is 3. The predicted octanol–water partition coefficient (Wildman–Crippen LogP) is 3.12. The summed E-state index contributed by atoms with van der Waals surface area (Å²) in [5.74, 6) is 0.841. The summed E-state index contributed by atoms with van der Waals surface area (Å²) in [4.78, 5) is 26.8. The summed E-state index contributed by atoms with van der Waals surface area (Å²) < 4.78 is 0. The van der Waals surface area contributed by atoms with Crippen LogP contribution in [0.1, 0.15) is 29.0 Å². The number of hydrogen-bond acceptors (Lipinski definition) is 4. The van der Waals surface area contributed by atoms with Crippen LogP contribution in [0.3, 0.4) is 0 Å². The molecule has 0 atom stereocenters. The second-order valence-corrected chi connectivity index (χ2v) is 6.54. The summed E-state index contributed by atoms with van der Waals surface area (Å²) in [7, 11) is 0. The van der Waals surface area contributed by atoms with Gasteiger partial charge in [0.15, 0.2) is 0 Å². The Kier molecular flexibility index (Phi) is 4.37. The van der Waals surface area contributed by atoms with Crippen molar-refractivity contribution in [3.8, 4) is 0 Å². The number of amides is 1. The third-order valence-corrected chi connectivity index (χ3v) is 4.85. The van der Waals surface area contributed by atoms with Gasteiger partial charge in [-0.1, -0.05) is 12.1 Å². The molecule has 0 radical (unpaired) electrons. The molecule has 4 rings (SSSR count). The molecule has 0 spiro atoms. The number of rotatable bonds is 3. The molecule has 0 unspecified atom stereocenters. The second kappa shape index (κ2) is 6.97. The molecular weight excluding hydrogens is 312 g/mol. The molecule has 3 heterocycles. The third-order valence-electron chi connectivity index (χ3n) is 4.85. The third kappa shape index (κ3) is 3.50. The summed E-state index contributed by atoms with van der Waals surface area (Å²) in [6.07, 6.45) is 8.14. The normalized spacial score (nSPS) is 15.4. The molecule has 1 amide bonds. The van der Waals surface area contributed by atoms with E-state index in [0.717, 1.165) is 37.9 Å².